The molecule has 6 heteroatoms. The van der Waals surface area contributed by atoms with Crippen LogP contribution < -0.4 is 10.5 Å². The summed E-state index contributed by atoms with van der Waals surface area (Å²) in [5.41, 5.74) is 5.54. The molecule has 0 aliphatic heterocycles. The van der Waals surface area contributed by atoms with Gasteiger partial charge in [0.25, 0.3) is 6.48 Å². The monoisotopic (exact) mass is 228 g/mol. The highest BCUT2D eigenvalue weighted by molar-refractivity contribution is 5.72. The molecule has 0 fully saturated rings. The van der Waals surface area contributed by atoms with Crippen molar-refractivity contribution in [1.29, 1.82) is 0 Å². The van der Waals surface area contributed by atoms with E-state index in [0.29, 0.717) is 16.2 Å². The maximum absolute atomic E-state index is 12.6. The number of hydrogen-bond acceptors (Lipinski definition) is 3. The molecule has 1 aromatic carbocycles. The van der Waals surface area contributed by atoms with Crippen molar-refractivity contribution in [3.8, 4) is 5.75 Å². The van der Waals surface area contributed by atoms with Crippen molar-refractivity contribution in [3.05, 3.63) is 29.8 Å². The van der Waals surface area contributed by atoms with E-state index in [0.717, 1.165) is 0 Å². The summed E-state index contributed by atoms with van der Waals surface area (Å²) < 4.78 is 17.5. The molecule has 1 aromatic rings. The molecule has 0 bridgehead atoms. The summed E-state index contributed by atoms with van der Waals surface area (Å²) in [6, 6.07) is 5.61. The number of alkyl halides is 1. The second-order valence-electron chi connectivity index (χ2n) is 3.12. The lowest BCUT2D eigenvalue weighted by Crippen LogP contribution is -2.40. The molecule has 0 heterocycles. The molecule has 1 rings (SSSR count). The Labute approximate surface area is 92.2 Å². The molecule has 0 aliphatic carbocycles. The minimum Gasteiger partial charge on any atom is -0.497 e. The predicted octanol–water partition coefficient (Wildman–Crippen LogP) is 0.821. The molecule has 0 radical (unpaired) electrons. The van der Waals surface area contributed by atoms with E-state index in [1.165, 1.54) is 7.11 Å². The van der Waals surface area contributed by atoms with Crippen LogP contribution in [0.4, 0.5) is 9.18 Å². The Bertz CT molecular complexity index is 354. The molecular weight excluding hydrogens is 215 g/mol. The number of rotatable bonds is 4. The van der Waals surface area contributed by atoms with E-state index in [4.69, 9.17) is 15.6 Å². The number of ether oxygens (including phenoxy) is 1. The minimum atomic E-state index is -2.40. The fraction of sp³-hybridized carbons (Fsp3) is 0.300. The number of primary amides is 1. The minimum absolute atomic E-state index is 0.100. The van der Waals surface area contributed by atoms with Crippen molar-refractivity contribution >= 4 is 6.03 Å². The summed E-state index contributed by atoms with van der Waals surface area (Å²) >= 11 is 0. The van der Waals surface area contributed by atoms with Crippen LogP contribution in [0.25, 0.3) is 0 Å². The van der Waals surface area contributed by atoms with Gasteiger partial charge < -0.3 is 15.6 Å². The smallest absolute Gasteiger partial charge is 0.319 e. The number of benzene rings is 1. The molecule has 1 atom stereocenters. The average Bonchev–Trinajstić information content (AvgIpc) is 2.25. The predicted molar refractivity (Wildman–Crippen MR) is 55.2 cm³/mol. The quantitative estimate of drug-likeness (QED) is 0.591. The zero-order chi connectivity index (χ0) is 12.1. The van der Waals surface area contributed by atoms with Crippen LogP contribution in [0.5, 0.6) is 5.75 Å². The first-order valence-electron chi connectivity index (χ1n) is 4.55. The lowest BCUT2D eigenvalue weighted by Gasteiger charge is -2.20. The fourth-order valence-electron chi connectivity index (χ4n) is 1.19. The molecule has 0 aromatic heterocycles. The van der Waals surface area contributed by atoms with Gasteiger partial charge in [-0.25, -0.2) is 4.79 Å². The van der Waals surface area contributed by atoms with Crippen LogP contribution in [-0.2, 0) is 6.54 Å². The second-order valence-corrected chi connectivity index (χ2v) is 3.12. The van der Waals surface area contributed by atoms with E-state index >= 15 is 0 Å². The van der Waals surface area contributed by atoms with Gasteiger partial charge in [-0.15, -0.1) is 0 Å². The Hall–Kier alpha value is -1.82. The summed E-state index contributed by atoms with van der Waals surface area (Å²) in [6.07, 6.45) is 0. The number of carbonyl (C=O) groups is 1. The number of nitrogens with two attached hydrogens (primary N) is 1. The molecule has 3 N–H and O–H groups in total. The molecule has 0 spiro atoms. The van der Waals surface area contributed by atoms with Crippen LogP contribution in [0, 0.1) is 0 Å². The van der Waals surface area contributed by atoms with Crippen molar-refractivity contribution < 1.29 is 19.0 Å². The van der Waals surface area contributed by atoms with Gasteiger partial charge in [0.2, 0.25) is 0 Å². The van der Waals surface area contributed by atoms with E-state index in [1.54, 1.807) is 24.3 Å². The van der Waals surface area contributed by atoms with Gasteiger partial charge in [-0.3, -0.25) is 4.90 Å². The summed E-state index contributed by atoms with van der Waals surface area (Å²) in [6.45, 7) is -2.50. The molecule has 0 saturated heterocycles. The van der Waals surface area contributed by atoms with Gasteiger partial charge in [0, 0.05) is 0 Å². The number of halogens is 1. The van der Waals surface area contributed by atoms with Crippen molar-refractivity contribution in [2.75, 3.05) is 7.11 Å². The molecule has 88 valence electrons. The normalized spacial score (nSPS) is 11.9. The van der Waals surface area contributed by atoms with E-state index in [1.807, 2.05) is 0 Å². The Morgan fingerprint density at radius 3 is 2.50 bits per heavy atom. The maximum atomic E-state index is 12.6. The molecule has 0 saturated carbocycles. The van der Waals surface area contributed by atoms with Gasteiger partial charge in [0.05, 0.1) is 13.7 Å². The van der Waals surface area contributed by atoms with E-state index < -0.39 is 12.5 Å². The molecule has 1 unspecified atom stereocenters. The van der Waals surface area contributed by atoms with Gasteiger partial charge in [-0.1, -0.05) is 12.1 Å². The molecular formula is C10H13FN2O3. The lowest BCUT2D eigenvalue weighted by molar-refractivity contribution is -0.0717. The van der Waals surface area contributed by atoms with Crippen LogP contribution in [0.3, 0.4) is 0 Å². The standard InChI is InChI=1S/C10H13FN2O3/c1-16-8-4-2-7(3-5-8)6-13(9(11)14)10(12)15/h2-5,9,14H,6H2,1H3,(H2,12,15). The first-order chi connectivity index (χ1) is 7.54. The Morgan fingerprint density at radius 2 is 2.12 bits per heavy atom. The first-order valence-corrected chi connectivity index (χ1v) is 4.55. The third kappa shape index (κ3) is 3.09. The van der Waals surface area contributed by atoms with E-state index in [-0.39, 0.29) is 6.54 Å². The largest absolute Gasteiger partial charge is 0.497 e. The van der Waals surface area contributed by atoms with Crippen LogP contribution >= 0.6 is 0 Å². The van der Waals surface area contributed by atoms with E-state index in [9.17, 15) is 9.18 Å². The second kappa shape index (κ2) is 5.32. The molecule has 16 heavy (non-hydrogen) atoms. The third-order valence-electron chi connectivity index (χ3n) is 2.05. The lowest BCUT2D eigenvalue weighted by atomic mass is 10.2. The highest BCUT2D eigenvalue weighted by Gasteiger charge is 2.18. The van der Waals surface area contributed by atoms with Crippen LogP contribution in [0.15, 0.2) is 24.3 Å². The number of nitrogens with zero attached hydrogens (tertiary/aromatic N) is 1. The summed E-state index contributed by atoms with van der Waals surface area (Å²) in [5, 5.41) is 8.68. The number of aliphatic hydroxyl groups excluding tert-OH is 1. The number of carbonyl (C=O) groups excluding carboxylic acids is 1. The van der Waals surface area contributed by atoms with Gasteiger partial charge in [-0.05, 0) is 17.7 Å². The van der Waals surface area contributed by atoms with Crippen LogP contribution in [0.2, 0.25) is 0 Å². The number of amides is 2. The summed E-state index contributed by atoms with van der Waals surface area (Å²) in [5.74, 6) is 0.648. The molecule has 5 nitrogen and oxygen atoms in total. The fourth-order valence-corrected chi connectivity index (χ4v) is 1.19. The number of aliphatic hydroxyl groups is 1. The highest BCUT2D eigenvalue weighted by Crippen LogP contribution is 2.13. The van der Waals surface area contributed by atoms with E-state index in [2.05, 4.69) is 0 Å². The number of methoxy groups -OCH3 is 1. The van der Waals surface area contributed by atoms with Gasteiger partial charge >= 0.3 is 6.03 Å². The van der Waals surface area contributed by atoms with Crippen molar-refractivity contribution in [2.45, 2.75) is 13.0 Å². The average molecular weight is 228 g/mol. The summed E-state index contributed by atoms with van der Waals surface area (Å²) in [4.78, 5) is 11.3. The SMILES string of the molecule is COc1ccc(CN(C(N)=O)C(O)F)cc1. The first kappa shape index (κ1) is 12.3. The van der Waals surface area contributed by atoms with Gasteiger partial charge in [0.1, 0.15) is 5.75 Å². The van der Waals surface area contributed by atoms with Crippen molar-refractivity contribution in [1.82, 2.24) is 4.90 Å². The Kier molecular flexibility index (Phi) is 4.07. The van der Waals surface area contributed by atoms with Crippen molar-refractivity contribution in [3.63, 3.8) is 0 Å². The highest BCUT2D eigenvalue weighted by atomic mass is 19.1. The zero-order valence-electron chi connectivity index (χ0n) is 8.76. The number of urea groups is 1. The topological polar surface area (TPSA) is 75.8 Å². The van der Waals surface area contributed by atoms with Gasteiger partial charge in [0.15, 0.2) is 0 Å². The third-order valence-corrected chi connectivity index (χ3v) is 2.05. The summed E-state index contributed by atoms with van der Waals surface area (Å²) in [7, 11) is 1.52. The Morgan fingerprint density at radius 1 is 1.56 bits per heavy atom. The zero-order valence-corrected chi connectivity index (χ0v) is 8.76. The van der Waals surface area contributed by atoms with Crippen LogP contribution in [0.1, 0.15) is 5.56 Å². The van der Waals surface area contributed by atoms with Gasteiger partial charge in [-0.2, -0.15) is 4.39 Å². The molecule has 2 amide bonds. The molecule has 0 aliphatic rings. The van der Waals surface area contributed by atoms with Crippen LogP contribution in [-0.4, -0.2) is 29.6 Å². The maximum Gasteiger partial charge on any atom is 0.319 e. The number of hydrogen-bond donors (Lipinski definition) is 2. The Balaban J connectivity index is 2.74. The van der Waals surface area contributed by atoms with Crippen molar-refractivity contribution in [2.24, 2.45) is 5.73 Å².